The third kappa shape index (κ3) is 3.36. The van der Waals surface area contributed by atoms with E-state index in [2.05, 4.69) is 34.3 Å². The number of thioether (sulfide) groups is 1. The van der Waals surface area contributed by atoms with Crippen LogP contribution in [0.25, 0.3) is 0 Å². The lowest BCUT2D eigenvalue weighted by Gasteiger charge is -2.14. The van der Waals surface area contributed by atoms with Crippen molar-refractivity contribution < 1.29 is 4.39 Å². The molecular weight excluding hydrogens is 311 g/mol. The predicted octanol–water partition coefficient (Wildman–Crippen LogP) is 5.23. The molecule has 2 rings (SSSR count). The highest BCUT2D eigenvalue weighted by Gasteiger charge is 2.12. The molecule has 0 bridgehead atoms. The molecule has 0 N–H and O–H groups in total. The fourth-order valence-corrected chi connectivity index (χ4v) is 3.45. The minimum atomic E-state index is -0.186. The zero-order valence-electron chi connectivity index (χ0n) is 10.1. The van der Waals surface area contributed by atoms with Crippen molar-refractivity contribution in [2.24, 2.45) is 0 Å². The fraction of sp³-hybridized carbons (Fsp3) is 0.200. The number of hydrogen-bond donors (Lipinski definition) is 0. The summed E-state index contributed by atoms with van der Waals surface area (Å²) in [5.74, 6) is -0.186. The van der Waals surface area contributed by atoms with Gasteiger partial charge in [-0.3, -0.25) is 0 Å². The average Bonchev–Trinajstić information content (AvgIpc) is 2.41. The van der Waals surface area contributed by atoms with E-state index in [4.69, 9.17) is 0 Å². The van der Waals surface area contributed by atoms with Crippen LogP contribution >= 0.6 is 27.7 Å². The highest BCUT2D eigenvalue weighted by atomic mass is 79.9. The van der Waals surface area contributed by atoms with E-state index in [9.17, 15) is 4.39 Å². The van der Waals surface area contributed by atoms with Crippen LogP contribution in [0.4, 0.5) is 4.39 Å². The minimum Gasteiger partial charge on any atom is -0.207 e. The van der Waals surface area contributed by atoms with Gasteiger partial charge in [0.05, 0.1) is 0 Å². The second-order valence-corrected chi connectivity index (χ2v) is 5.99. The molecule has 1 atom stereocenters. The van der Waals surface area contributed by atoms with E-state index in [1.165, 1.54) is 22.6 Å². The van der Waals surface area contributed by atoms with E-state index in [1.807, 2.05) is 24.3 Å². The fourth-order valence-electron chi connectivity index (χ4n) is 1.86. The largest absolute Gasteiger partial charge is 0.207 e. The number of halogens is 2. The van der Waals surface area contributed by atoms with Gasteiger partial charge in [-0.05, 0) is 42.0 Å². The first-order chi connectivity index (χ1) is 8.70. The summed E-state index contributed by atoms with van der Waals surface area (Å²) in [6.07, 6.45) is 2.94. The quantitative estimate of drug-likeness (QED) is 0.548. The lowest BCUT2D eigenvalue weighted by Crippen LogP contribution is -1.97. The second-order valence-electron chi connectivity index (χ2n) is 4.04. The highest BCUT2D eigenvalue weighted by Crippen LogP contribution is 2.33. The maximum Gasteiger partial charge on any atom is 0.123 e. The van der Waals surface area contributed by atoms with Crippen molar-refractivity contribution in [2.45, 2.75) is 16.1 Å². The van der Waals surface area contributed by atoms with Crippen molar-refractivity contribution >= 4 is 27.7 Å². The molecule has 0 spiro atoms. The Morgan fingerprint density at radius 3 is 2.44 bits per heavy atom. The van der Waals surface area contributed by atoms with Gasteiger partial charge < -0.3 is 0 Å². The van der Waals surface area contributed by atoms with Gasteiger partial charge in [-0.15, -0.1) is 11.8 Å². The van der Waals surface area contributed by atoms with Crippen LogP contribution in [-0.4, -0.2) is 6.26 Å². The smallest absolute Gasteiger partial charge is 0.123 e. The number of hydrogen-bond acceptors (Lipinski definition) is 1. The van der Waals surface area contributed by atoms with Crippen molar-refractivity contribution in [3.05, 3.63) is 65.5 Å². The molecule has 1 unspecified atom stereocenters. The van der Waals surface area contributed by atoms with Gasteiger partial charge in [0, 0.05) is 9.72 Å². The zero-order valence-corrected chi connectivity index (χ0v) is 12.5. The topological polar surface area (TPSA) is 0 Å². The van der Waals surface area contributed by atoms with Gasteiger partial charge in [0.2, 0.25) is 0 Å². The standard InChI is InChI=1S/C15H14BrFS/c1-18-15-5-3-2-4-13(15)14(16)10-11-6-8-12(17)9-7-11/h2-9,14H,10H2,1H3. The summed E-state index contributed by atoms with van der Waals surface area (Å²) in [7, 11) is 0. The van der Waals surface area contributed by atoms with Crippen molar-refractivity contribution in [2.75, 3.05) is 6.26 Å². The zero-order chi connectivity index (χ0) is 13.0. The van der Waals surface area contributed by atoms with Gasteiger partial charge in [0.1, 0.15) is 5.82 Å². The summed E-state index contributed by atoms with van der Waals surface area (Å²) >= 11 is 5.47. The van der Waals surface area contributed by atoms with Crippen LogP contribution in [0.5, 0.6) is 0 Å². The van der Waals surface area contributed by atoms with Gasteiger partial charge in [-0.1, -0.05) is 46.3 Å². The molecular formula is C15H14BrFS. The lowest BCUT2D eigenvalue weighted by molar-refractivity contribution is 0.627. The van der Waals surface area contributed by atoms with Crippen LogP contribution in [-0.2, 0) is 6.42 Å². The van der Waals surface area contributed by atoms with Gasteiger partial charge in [0.15, 0.2) is 0 Å². The monoisotopic (exact) mass is 324 g/mol. The van der Waals surface area contributed by atoms with Gasteiger partial charge >= 0.3 is 0 Å². The Hall–Kier alpha value is -0.800. The number of benzene rings is 2. The number of alkyl halides is 1. The molecule has 0 saturated heterocycles. The summed E-state index contributed by atoms with van der Waals surface area (Å²) < 4.78 is 12.9. The Balaban J connectivity index is 2.16. The normalized spacial score (nSPS) is 12.4. The Morgan fingerprint density at radius 2 is 1.78 bits per heavy atom. The van der Waals surface area contributed by atoms with Crippen molar-refractivity contribution in [3.63, 3.8) is 0 Å². The summed E-state index contributed by atoms with van der Waals surface area (Å²) in [6.45, 7) is 0. The van der Waals surface area contributed by atoms with E-state index in [0.717, 1.165) is 12.0 Å². The molecule has 94 valence electrons. The van der Waals surface area contributed by atoms with Gasteiger partial charge in [0.25, 0.3) is 0 Å². The van der Waals surface area contributed by atoms with Crippen LogP contribution < -0.4 is 0 Å². The molecule has 2 aromatic rings. The molecule has 0 radical (unpaired) electrons. The molecule has 0 amide bonds. The molecule has 0 aliphatic rings. The van der Waals surface area contributed by atoms with Crippen LogP contribution in [0, 0.1) is 5.82 Å². The molecule has 3 heteroatoms. The lowest BCUT2D eigenvalue weighted by atomic mass is 10.0. The third-order valence-electron chi connectivity index (χ3n) is 2.80. The maximum absolute atomic E-state index is 12.9. The van der Waals surface area contributed by atoms with E-state index in [1.54, 1.807) is 11.8 Å². The molecule has 0 aliphatic carbocycles. The van der Waals surface area contributed by atoms with Crippen molar-refractivity contribution in [1.82, 2.24) is 0 Å². The van der Waals surface area contributed by atoms with E-state index >= 15 is 0 Å². The SMILES string of the molecule is CSc1ccccc1C(Br)Cc1ccc(F)cc1. The van der Waals surface area contributed by atoms with E-state index in [0.29, 0.717) is 0 Å². The summed E-state index contributed by atoms with van der Waals surface area (Å²) in [4.78, 5) is 1.54. The van der Waals surface area contributed by atoms with Gasteiger partial charge in [-0.2, -0.15) is 0 Å². The van der Waals surface area contributed by atoms with E-state index < -0.39 is 0 Å². The van der Waals surface area contributed by atoms with Crippen LogP contribution in [0.2, 0.25) is 0 Å². The van der Waals surface area contributed by atoms with Crippen LogP contribution in [0.15, 0.2) is 53.4 Å². The molecule has 0 heterocycles. The molecule has 18 heavy (non-hydrogen) atoms. The minimum absolute atomic E-state index is 0.186. The molecule has 2 aromatic carbocycles. The Kier molecular flexibility index (Phi) is 4.84. The van der Waals surface area contributed by atoms with Gasteiger partial charge in [-0.25, -0.2) is 4.39 Å². The summed E-state index contributed by atoms with van der Waals surface area (Å²) in [5.41, 5.74) is 2.42. The molecule has 0 aromatic heterocycles. The Labute approximate surface area is 120 Å². The first-order valence-electron chi connectivity index (χ1n) is 5.72. The molecule has 0 nitrogen and oxygen atoms in total. The molecule has 0 saturated carbocycles. The summed E-state index contributed by atoms with van der Waals surface area (Å²) in [6, 6.07) is 15.1. The maximum atomic E-state index is 12.9. The first kappa shape index (κ1) is 13.6. The average molecular weight is 325 g/mol. The first-order valence-corrected chi connectivity index (χ1v) is 7.86. The second kappa shape index (κ2) is 6.39. The summed E-state index contributed by atoms with van der Waals surface area (Å²) in [5, 5.41) is 0. The highest BCUT2D eigenvalue weighted by molar-refractivity contribution is 9.09. The Morgan fingerprint density at radius 1 is 1.11 bits per heavy atom. The number of rotatable bonds is 4. The van der Waals surface area contributed by atoms with Crippen molar-refractivity contribution in [1.29, 1.82) is 0 Å². The third-order valence-corrected chi connectivity index (χ3v) is 4.43. The molecule has 0 aliphatic heterocycles. The van der Waals surface area contributed by atoms with E-state index in [-0.39, 0.29) is 10.6 Å². The molecule has 0 fully saturated rings. The van der Waals surface area contributed by atoms with Crippen LogP contribution in [0.1, 0.15) is 16.0 Å². The van der Waals surface area contributed by atoms with Crippen LogP contribution in [0.3, 0.4) is 0 Å². The Bertz CT molecular complexity index is 510. The predicted molar refractivity (Wildman–Crippen MR) is 80.0 cm³/mol. The van der Waals surface area contributed by atoms with Crippen molar-refractivity contribution in [3.8, 4) is 0 Å².